The highest BCUT2D eigenvalue weighted by Gasteiger charge is 2.19. The zero-order valence-electron chi connectivity index (χ0n) is 8.23. The average molecular weight is 170 g/mol. The molecule has 0 aromatic rings. The lowest BCUT2D eigenvalue weighted by Gasteiger charge is -2.03. The molecular weight excluding hydrogens is 148 g/mol. The summed E-state index contributed by atoms with van der Waals surface area (Å²) in [5, 5.41) is 6.93. The predicted molar refractivity (Wildman–Crippen MR) is 53.4 cm³/mol. The van der Waals surface area contributed by atoms with Crippen molar-refractivity contribution in [3.05, 3.63) is 0 Å². The molecule has 2 N–H and O–H groups in total. The van der Waals surface area contributed by atoms with Gasteiger partial charge in [0.15, 0.2) is 0 Å². The molecular formula is C10H22N2. The quantitative estimate of drug-likeness (QED) is 0.540. The summed E-state index contributed by atoms with van der Waals surface area (Å²) in [6, 6.07) is 0.883. The molecule has 0 aromatic heterocycles. The van der Waals surface area contributed by atoms with Crippen LogP contribution in [0.1, 0.15) is 39.0 Å². The predicted octanol–water partition coefficient (Wildman–Crippen LogP) is 1.52. The zero-order chi connectivity index (χ0) is 8.65. The van der Waals surface area contributed by atoms with Gasteiger partial charge in [0.05, 0.1) is 0 Å². The Bertz CT molecular complexity index is 100. The second-order valence-corrected chi connectivity index (χ2v) is 3.69. The third-order valence-electron chi connectivity index (χ3n) is 2.22. The highest BCUT2D eigenvalue weighted by molar-refractivity contribution is 4.80. The minimum Gasteiger partial charge on any atom is -0.317 e. The maximum atomic E-state index is 3.52. The van der Waals surface area contributed by atoms with E-state index < -0.39 is 0 Å². The molecule has 0 unspecified atom stereocenters. The Morgan fingerprint density at radius 1 is 1.08 bits per heavy atom. The van der Waals surface area contributed by atoms with E-state index in [4.69, 9.17) is 0 Å². The molecule has 1 saturated carbocycles. The van der Waals surface area contributed by atoms with E-state index in [-0.39, 0.29) is 0 Å². The van der Waals surface area contributed by atoms with Gasteiger partial charge in [-0.2, -0.15) is 0 Å². The monoisotopic (exact) mass is 170 g/mol. The number of nitrogens with one attached hydrogen (secondary N) is 2. The maximum Gasteiger partial charge on any atom is 0.00682 e. The van der Waals surface area contributed by atoms with Gasteiger partial charge in [0.25, 0.3) is 0 Å². The molecule has 0 aromatic carbocycles. The molecule has 0 amide bonds. The summed E-state index contributed by atoms with van der Waals surface area (Å²) in [5.41, 5.74) is 0. The van der Waals surface area contributed by atoms with Gasteiger partial charge < -0.3 is 10.6 Å². The fourth-order valence-corrected chi connectivity index (χ4v) is 1.27. The van der Waals surface area contributed by atoms with Gasteiger partial charge in [-0.25, -0.2) is 0 Å². The van der Waals surface area contributed by atoms with Crippen LogP contribution in [0.15, 0.2) is 0 Å². The third-order valence-corrected chi connectivity index (χ3v) is 2.22. The van der Waals surface area contributed by atoms with Crippen molar-refractivity contribution >= 4 is 0 Å². The SMILES string of the molecule is CCCNCCCCNC1CC1. The fourth-order valence-electron chi connectivity index (χ4n) is 1.27. The van der Waals surface area contributed by atoms with Gasteiger partial charge in [-0.1, -0.05) is 6.92 Å². The van der Waals surface area contributed by atoms with E-state index in [0.717, 1.165) is 6.04 Å². The summed E-state index contributed by atoms with van der Waals surface area (Å²) in [6.45, 7) is 5.80. The van der Waals surface area contributed by atoms with Crippen LogP contribution < -0.4 is 10.6 Å². The van der Waals surface area contributed by atoms with Crippen LogP contribution in [0, 0.1) is 0 Å². The Kier molecular flexibility index (Phi) is 5.37. The van der Waals surface area contributed by atoms with Crippen molar-refractivity contribution < 1.29 is 0 Å². The summed E-state index contributed by atoms with van der Waals surface area (Å²) in [5.74, 6) is 0. The number of rotatable bonds is 8. The van der Waals surface area contributed by atoms with Crippen LogP contribution in [0.2, 0.25) is 0 Å². The Labute approximate surface area is 76.1 Å². The van der Waals surface area contributed by atoms with E-state index >= 15 is 0 Å². The lowest BCUT2D eigenvalue weighted by molar-refractivity contribution is 0.579. The van der Waals surface area contributed by atoms with E-state index in [2.05, 4.69) is 17.6 Å². The lowest BCUT2D eigenvalue weighted by atomic mass is 10.3. The van der Waals surface area contributed by atoms with Crippen LogP contribution in [0.25, 0.3) is 0 Å². The molecule has 0 radical (unpaired) electrons. The second kappa shape index (κ2) is 6.44. The zero-order valence-corrected chi connectivity index (χ0v) is 8.23. The largest absolute Gasteiger partial charge is 0.317 e. The maximum absolute atomic E-state index is 3.52. The van der Waals surface area contributed by atoms with Crippen molar-refractivity contribution in [2.45, 2.75) is 45.1 Å². The van der Waals surface area contributed by atoms with Crippen molar-refractivity contribution in [2.75, 3.05) is 19.6 Å². The Balaban J connectivity index is 1.65. The average Bonchev–Trinajstić information content (AvgIpc) is 2.87. The van der Waals surface area contributed by atoms with Gasteiger partial charge in [-0.05, 0) is 51.7 Å². The fraction of sp³-hybridized carbons (Fsp3) is 1.00. The summed E-state index contributed by atoms with van der Waals surface area (Å²) in [7, 11) is 0. The number of hydrogen-bond acceptors (Lipinski definition) is 2. The molecule has 1 aliphatic rings. The molecule has 1 rings (SSSR count). The van der Waals surface area contributed by atoms with E-state index in [9.17, 15) is 0 Å². The summed E-state index contributed by atoms with van der Waals surface area (Å²) >= 11 is 0. The van der Waals surface area contributed by atoms with E-state index in [1.807, 2.05) is 0 Å². The van der Waals surface area contributed by atoms with Gasteiger partial charge in [0, 0.05) is 6.04 Å². The Morgan fingerprint density at radius 3 is 2.50 bits per heavy atom. The molecule has 0 heterocycles. The van der Waals surface area contributed by atoms with E-state index in [1.165, 1.54) is 51.7 Å². The first-order valence-electron chi connectivity index (χ1n) is 5.37. The molecule has 0 aliphatic heterocycles. The smallest absolute Gasteiger partial charge is 0.00682 e. The normalized spacial score (nSPS) is 16.8. The van der Waals surface area contributed by atoms with Crippen LogP contribution in [-0.4, -0.2) is 25.7 Å². The van der Waals surface area contributed by atoms with Crippen molar-refractivity contribution in [3.8, 4) is 0 Å². The molecule has 72 valence electrons. The van der Waals surface area contributed by atoms with Gasteiger partial charge in [0.2, 0.25) is 0 Å². The molecule has 0 bridgehead atoms. The summed E-state index contributed by atoms with van der Waals surface area (Å²) < 4.78 is 0. The first-order chi connectivity index (χ1) is 5.93. The third kappa shape index (κ3) is 5.56. The summed E-state index contributed by atoms with van der Waals surface area (Å²) in [4.78, 5) is 0. The van der Waals surface area contributed by atoms with Gasteiger partial charge in [-0.15, -0.1) is 0 Å². The molecule has 0 saturated heterocycles. The Morgan fingerprint density at radius 2 is 1.83 bits per heavy atom. The number of unbranched alkanes of at least 4 members (excludes halogenated alkanes) is 1. The van der Waals surface area contributed by atoms with Crippen molar-refractivity contribution in [1.82, 2.24) is 10.6 Å². The van der Waals surface area contributed by atoms with Crippen LogP contribution in [-0.2, 0) is 0 Å². The summed E-state index contributed by atoms with van der Waals surface area (Å²) in [6.07, 6.45) is 6.72. The minimum atomic E-state index is 0.883. The molecule has 1 fully saturated rings. The van der Waals surface area contributed by atoms with Crippen molar-refractivity contribution in [3.63, 3.8) is 0 Å². The van der Waals surface area contributed by atoms with Gasteiger partial charge in [0.1, 0.15) is 0 Å². The molecule has 1 aliphatic carbocycles. The van der Waals surface area contributed by atoms with Crippen LogP contribution in [0.3, 0.4) is 0 Å². The lowest BCUT2D eigenvalue weighted by Crippen LogP contribution is -2.20. The van der Waals surface area contributed by atoms with Crippen molar-refractivity contribution in [2.24, 2.45) is 0 Å². The van der Waals surface area contributed by atoms with E-state index in [1.54, 1.807) is 0 Å². The molecule has 0 atom stereocenters. The topological polar surface area (TPSA) is 24.1 Å². The van der Waals surface area contributed by atoms with Crippen molar-refractivity contribution in [1.29, 1.82) is 0 Å². The molecule has 0 spiro atoms. The van der Waals surface area contributed by atoms with Crippen LogP contribution in [0.5, 0.6) is 0 Å². The van der Waals surface area contributed by atoms with Crippen LogP contribution >= 0.6 is 0 Å². The number of hydrogen-bond donors (Lipinski definition) is 2. The molecule has 2 nitrogen and oxygen atoms in total. The first kappa shape index (κ1) is 10.0. The second-order valence-electron chi connectivity index (χ2n) is 3.69. The van der Waals surface area contributed by atoms with E-state index in [0.29, 0.717) is 0 Å². The molecule has 12 heavy (non-hydrogen) atoms. The van der Waals surface area contributed by atoms with Gasteiger partial charge >= 0.3 is 0 Å². The standard InChI is InChI=1S/C10H22N2/c1-2-7-11-8-3-4-9-12-10-5-6-10/h10-12H,2-9H2,1H3. The highest BCUT2D eigenvalue weighted by atomic mass is 14.9. The Hall–Kier alpha value is -0.0800. The van der Waals surface area contributed by atoms with Crippen LogP contribution in [0.4, 0.5) is 0 Å². The highest BCUT2D eigenvalue weighted by Crippen LogP contribution is 2.18. The van der Waals surface area contributed by atoms with Gasteiger partial charge in [-0.3, -0.25) is 0 Å². The molecule has 2 heteroatoms. The minimum absolute atomic E-state index is 0.883. The first-order valence-corrected chi connectivity index (χ1v) is 5.37.